The molecular weight excluding hydrogens is 330 g/mol. The maximum Gasteiger partial charge on any atom is 0.270 e. The maximum absolute atomic E-state index is 11.9. The Bertz CT molecular complexity index is 854. The van der Waals surface area contributed by atoms with Crippen LogP contribution in [0.25, 0.3) is 11.4 Å². The summed E-state index contributed by atoms with van der Waals surface area (Å²) in [4.78, 5) is 15.9. The van der Waals surface area contributed by atoms with Crippen molar-refractivity contribution >= 4 is 17.2 Å². The Labute approximate surface area is 141 Å². The fourth-order valence-corrected chi connectivity index (χ4v) is 3.15. The smallest absolute Gasteiger partial charge is 0.270 e. The van der Waals surface area contributed by atoms with E-state index in [9.17, 15) is 4.79 Å². The lowest BCUT2D eigenvalue weighted by atomic mass is 10.2. The highest BCUT2D eigenvalue weighted by Gasteiger charge is 2.25. The van der Waals surface area contributed by atoms with E-state index in [1.54, 1.807) is 21.8 Å². The highest BCUT2D eigenvalue weighted by atomic mass is 32.1. The molecule has 1 N–H and O–H groups in total. The average molecular weight is 345 g/mol. The molecule has 24 heavy (non-hydrogen) atoms. The van der Waals surface area contributed by atoms with Crippen LogP contribution in [0.3, 0.4) is 0 Å². The predicted molar refractivity (Wildman–Crippen MR) is 85.2 cm³/mol. The van der Waals surface area contributed by atoms with Crippen LogP contribution in [0.1, 0.15) is 16.2 Å². The summed E-state index contributed by atoms with van der Waals surface area (Å²) in [6.07, 6.45) is 1.57. The number of aryl methyl sites for hydroxylation is 1. The Morgan fingerprint density at radius 1 is 1.54 bits per heavy atom. The van der Waals surface area contributed by atoms with Crippen LogP contribution < -0.4 is 5.32 Å². The topological polar surface area (TPSA) is 99.8 Å². The molecule has 3 aromatic rings. The van der Waals surface area contributed by atoms with E-state index in [1.165, 1.54) is 11.3 Å². The summed E-state index contributed by atoms with van der Waals surface area (Å²) < 4.78 is 9.43. The monoisotopic (exact) mass is 345 g/mol. The van der Waals surface area contributed by atoms with E-state index in [1.807, 2.05) is 17.8 Å². The summed E-state index contributed by atoms with van der Waals surface area (Å²) in [6, 6.07) is 1.89. The summed E-state index contributed by atoms with van der Waals surface area (Å²) in [5.74, 6) is -0.195. The van der Waals surface area contributed by atoms with E-state index in [4.69, 9.17) is 4.74 Å². The molecule has 0 aromatic carbocycles. The van der Waals surface area contributed by atoms with E-state index in [-0.39, 0.29) is 12.0 Å². The highest BCUT2D eigenvalue weighted by Crippen LogP contribution is 2.24. The quantitative estimate of drug-likeness (QED) is 0.738. The van der Waals surface area contributed by atoms with Gasteiger partial charge in [0.05, 0.1) is 36.2 Å². The first kappa shape index (κ1) is 15.0. The van der Waals surface area contributed by atoms with Crippen molar-refractivity contribution < 1.29 is 9.53 Å². The van der Waals surface area contributed by atoms with Crippen molar-refractivity contribution in [3.8, 4) is 11.4 Å². The number of nitrogens with zero attached hydrogens (tertiary/aromatic N) is 6. The first-order chi connectivity index (χ1) is 11.7. The molecule has 9 nitrogen and oxygen atoms in total. The molecule has 1 aliphatic heterocycles. The SMILES string of the molecule is Cn1nccc1-c1nnn2c1COC(CNC(=O)c1cscn1)C2. The number of nitrogens with one attached hydrogen (secondary N) is 1. The first-order valence-electron chi connectivity index (χ1n) is 7.41. The minimum atomic E-state index is -0.195. The van der Waals surface area contributed by atoms with Crippen molar-refractivity contribution in [2.24, 2.45) is 7.05 Å². The van der Waals surface area contributed by atoms with Gasteiger partial charge >= 0.3 is 0 Å². The molecule has 4 heterocycles. The number of amides is 1. The third-order valence-corrected chi connectivity index (χ3v) is 4.48. The molecule has 3 aromatic heterocycles. The third kappa shape index (κ3) is 2.69. The van der Waals surface area contributed by atoms with Crippen LogP contribution in [0.15, 0.2) is 23.2 Å². The molecular formula is C14H15N7O2S. The zero-order valence-electron chi connectivity index (χ0n) is 12.9. The fourth-order valence-electron chi connectivity index (χ4n) is 2.62. The minimum absolute atomic E-state index is 0.152. The normalized spacial score (nSPS) is 16.8. The summed E-state index contributed by atoms with van der Waals surface area (Å²) in [7, 11) is 1.86. The Hall–Kier alpha value is -2.59. The lowest BCUT2D eigenvalue weighted by molar-refractivity contribution is 0.00172. The van der Waals surface area contributed by atoms with Crippen LogP contribution in [-0.4, -0.2) is 48.3 Å². The zero-order valence-corrected chi connectivity index (χ0v) is 13.7. The van der Waals surface area contributed by atoms with Gasteiger partial charge in [-0.05, 0) is 6.07 Å². The second-order valence-electron chi connectivity index (χ2n) is 5.42. The molecule has 0 radical (unpaired) electrons. The summed E-state index contributed by atoms with van der Waals surface area (Å²) >= 11 is 1.39. The second-order valence-corrected chi connectivity index (χ2v) is 6.14. The van der Waals surface area contributed by atoms with Crippen LogP contribution in [0.5, 0.6) is 0 Å². The molecule has 0 saturated carbocycles. The van der Waals surface area contributed by atoms with Gasteiger partial charge in [0.25, 0.3) is 5.91 Å². The Balaban J connectivity index is 1.43. The number of hydrogen-bond acceptors (Lipinski definition) is 7. The van der Waals surface area contributed by atoms with Crippen LogP contribution in [-0.2, 0) is 24.9 Å². The van der Waals surface area contributed by atoms with Crippen LogP contribution in [0.4, 0.5) is 0 Å². The van der Waals surface area contributed by atoms with E-state index in [0.29, 0.717) is 25.4 Å². The number of thiazole rings is 1. The molecule has 1 atom stereocenters. The van der Waals surface area contributed by atoms with Gasteiger partial charge in [0.2, 0.25) is 0 Å². The number of carbonyl (C=O) groups excluding carboxylic acids is 1. The number of aromatic nitrogens is 6. The molecule has 10 heteroatoms. The van der Waals surface area contributed by atoms with Gasteiger partial charge in [-0.1, -0.05) is 5.21 Å². The summed E-state index contributed by atoms with van der Waals surface area (Å²) in [5.41, 5.74) is 4.65. The zero-order chi connectivity index (χ0) is 16.5. The Morgan fingerprint density at radius 3 is 3.21 bits per heavy atom. The van der Waals surface area contributed by atoms with Crippen molar-refractivity contribution in [1.29, 1.82) is 0 Å². The van der Waals surface area contributed by atoms with Crippen LogP contribution in [0.2, 0.25) is 0 Å². The van der Waals surface area contributed by atoms with Gasteiger partial charge in [0.15, 0.2) is 0 Å². The molecule has 1 aliphatic rings. The lowest BCUT2D eigenvalue weighted by Crippen LogP contribution is -2.39. The van der Waals surface area contributed by atoms with Crippen LogP contribution in [0, 0.1) is 0 Å². The van der Waals surface area contributed by atoms with Gasteiger partial charge in [-0.3, -0.25) is 9.48 Å². The fraction of sp³-hybridized carbons (Fsp3) is 0.357. The van der Waals surface area contributed by atoms with Gasteiger partial charge in [-0.2, -0.15) is 5.10 Å². The molecule has 4 rings (SSSR count). The lowest BCUT2D eigenvalue weighted by Gasteiger charge is -2.24. The molecule has 1 amide bonds. The van der Waals surface area contributed by atoms with Crippen molar-refractivity contribution in [3.05, 3.63) is 34.5 Å². The maximum atomic E-state index is 11.9. The standard InChI is InChI=1S/C14H15N7O2S/c1-20-11(2-3-17-20)13-12-6-23-9(5-21(12)19-18-13)4-15-14(22)10-7-24-8-16-10/h2-3,7-9H,4-6H2,1H3,(H,15,22). The molecule has 1 unspecified atom stereocenters. The van der Waals surface area contributed by atoms with Crippen molar-refractivity contribution in [2.75, 3.05) is 6.54 Å². The summed E-state index contributed by atoms with van der Waals surface area (Å²) in [6.45, 7) is 1.33. The minimum Gasteiger partial charge on any atom is -0.368 e. The number of carbonyl (C=O) groups is 1. The van der Waals surface area contributed by atoms with Crippen molar-refractivity contribution in [3.63, 3.8) is 0 Å². The number of ether oxygens (including phenoxy) is 1. The second kappa shape index (κ2) is 6.13. The summed E-state index contributed by atoms with van der Waals surface area (Å²) in [5, 5.41) is 17.2. The number of hydrogen-bond donors (Lipinski definition) is 1. The van der Waals surface area contributed by atoms with E-state index < -0.39 is 0 Å². The average Bonchev–Trinajstić information content (AvgIpc) is 3.32. The highest BCUT2D eigenvalue weighted by molar-refractivity contribution is 7.07. The molecule has 0 spiro atoms. The van der Waals surface area contributed by atoms with E-state index >= 15 is 0 Å². The van der Waals surface area contributed by atoms with Gasteiger partial charge < -0.3 is 10.1 Å². The third-order valence-electron chi connectivity index (χ3n) is 3.89. The molecule has 0 aliphatic carbocycles. The largest absolute Gasteiger partial charge is 0.368 e. The van der Waals surface area contributed by atoms with Gasteiger partial charge in [-0.15, -0.1) is 16.4 Å². The van der Waals surface area contributed by atoms with E-state index in [2.05, 4.69) is 25.7 Å². The van der Waals surface area contributed by atoms with Gasteiger partial charge in [-0.25, -0.2) is 9.67 Å². The molecule has 0 fully saturated rings. The molecule has 0 saturated heterocycles. The molecule has 0 bridgehead atoms. The Morgan fingerprint density at radius 2 is 2.46 bits per heavy atom. The number of rotatable bonds is 4. The van der Waals surface area contributed by atoms with Gasteiger partial charge in [0.1, 0.15) is 11.4 Å². The predicted octanol–water partition coefficient (Wildman–Crippen LogP) is 0.464. The van der Waals surface area contributed by atoms with Crippen LogP contribution >= 0.6 is 11.3 Å². The Kier molecular flexibility index (Phi) is 3.82. The van der Waals surface area contributed by atoms with Crippen molar-refractivity contribution in [1.82, 2.24) is 35.1 Å². The van der Waals surface area contributed by atoms with Gasteiger partial charge in [0, 0.05) is 25.2 Å². The van der Waals surface area contributed by atoms with Crippen molar-refractivity contribution in [2.45, 2.75) is 19.3 Å². The number of fused-ring (bicyclic) bond motifs is 1. The first-order valence-corrected chi connectivity index (χ1v) is 8.35. The van der Waals surface area contributed by atoms with E-state index in [0.717, 1.165) is 17.1 Å². The molecule has 124 valence electrons.